The highest BCUT2D eigenvalue weighted by Crippen LogP contribution is 2.25. The van der Waals surface area contributed by atoms with Crippen LogP contribution in [0.25, 0.3) is 0 Å². The molecule has 0 heterocycles. The van der Waals surface area contributed by atoms with E-state index in [0.717, 1.165) is 0 Å². The van der Waals surface area contributed by atoms with Crippen LogP contribution in [-0.4, -0.2) is 14.7 Å². The standard InChI is InChI=1S/C6H7FN2.H3O4P/c7-5-1-3-6(9-8)4-2-5;1-5(2,3)4/h1-4,9H,8H2;(H3,1,2,3,4). The molecule has 0 spiro atoms. The SMILES string of the molecule is NNc1ccc(F)cc1.O=P(O)(O)O. The number of hydrogen-bond acceptors (Lipinski definition) is 3. The largest absolute Gasteiger partial charge is 0.466 e. The Balaban J connectivity index is 0.000000292. The van der Waals surface area contributed by atoms with Crippen molar-refractivity contribution in [3.8, 4) is 0 Å². The average Bonchev–Trinajstić information content (AvgIpc) is 2.03. The Morgan fingerprint density at radius 2 is 1.57 bits per heavy atom. The van der Waals surface area contributed by atoms with Crippen molar-refractivity contribution >= 4 is 13.5 Å². The maximum atomic E-state index is 12.2. The summed E-state index contributed by atoms with van der Waals surface area (Å²) in [5, 5.41) is 0. The van der Waals surface area contributed by atoms with Crippen LogP contribution in [0.1, 0.15) is 0 Å². The first kappa shape index (κ1) is 13.0. The van der Waals surface area contributed by atoms with E-state index in [1.165, 1.54) is 12.1 Å². The number of nitrogens with one attached hydrogen (secondary N) is 1. The van der Waals surface area contributed by atoms with Gasteiger partial charge in [-0.1, -0.05) is 0 Å². The van der Waals surface area contributed by atoms with Gasteiger partial charge in [0.15, 0.2) is 0 Å². The van der Waals surface area contributed by atoms with Gasteiger partial charge in [0.1, 0.15) is 5.82 Å². The van der Waals surface area contributed by atoms with Crippen molar-refractivity contribution in [2.45, 2.75) is 0 Å². The molecule has 6 nitrogen and oxygen atoms in total. The minimum absolute atomic E-state index is 0.256. The van der Waals surface area contributed by atoms with Gasteiger partial charge in [0.05, 0.1) is 0 Å². The summed E-state index contributed by atoms with van der Waals surface area (Å²) in [4.78, 5) is 21.6. The van der Waals surface area contributed by atoms with Crippen molar-refractivity contribution < 1.29 is 23.6 Å². The first-order valence-corrected chi connectivity index (χ1v) is 4.90. The van der Waals surface area contributed by atoms with Crippen molar-refractivity contribution in [3.05, 3.63) is 30.1 Å². The summed E-state index contributed by atoms with van der Waals surface area (Å²) in [6.07, 6.45) is 0. The zero-order chi connectivity index (χ0) is 11.2. The van der Waals surface area contributed by atoms with Gasteiger partial charge in [-0.3, -0.25) is 5.84 Å². The Labute approximate surface area is 79.4 Å². The molecular weight excluding hydrogens is 214 g/mol. The normalized spacial score (nSPS) is 10.1. The van der Waals surface area contributed by atoms with Gasteiger partial charge < -0.3 is 20.1 Å². The molecule has 0 saturated heterocycles. The number of nitrogen functional groups attached to an aromatic ring is 1. The number of hydrazine groups is 1. The highest BCUT2D eigenvalue weighted by atomic mass is 31.2. The second-order valence-electron chi connectivity index (χ2n) is 2.16. The van der Waals surface area contributed by atoms with Gasteiger partial charge in [-0.25, -0.2) is 8.96 Å². The topological polar surface area (TPSA) is 116 Å². The lowest BCUT2D eigenvalue weighted by atomic mass is 10.3. The van der Waals surface area contributed by atoms with E-state index < -0.39 is 7.82 Å². The van der Waals surface area contributed by atoms with Gasteiger partial charge in [-0.15, -0.1) is 0 Å². The average molecular weight is 224 g/mol. The van der Waals surface area contributed by atoms with E-state index >= 15 is 0 Å². The fourth-order valence-electron chi connectivity index (χ4n) is 0.546. The van der Waals surface area contributed by atoms with E-state index in [9.17, 15) is 4.39 Å². The first-order valence-electron chi connectivity index (χ1n) is 3.33. The second-order valence-corrected chi connectivity index (χ2v) is 3.19. The molecule has 0 unspecified atom stereocenters. The molecule has 1 aromatic carbocycles. The molecule has 0 radical (unpaired) electrons. The van der Waals surface area contributed by atoms with E-state index in [2.05, 4.69) is 5.43 Å². The predicted octanol–water partition coefficient (Wildman–Crippen LogP) is 0.183. The minimum atomic E-state index is -4.64. The summed E-state index contributed by atoms with van der Waals surface area (Å²) in [6, 6.07) is 5.81. The van der Waals surface area contributed by atoms with E-state index in [1.807, 2.05) is 0 Å². The van der Waals surface area contributed by atoms with Gasteiger partial charge in [0.2, 0.25) is 0 Å². The lowest BCUT2D eigenvalue weighted by Gasteiger charge is -1.95. The third kappa shape index (κ3) is 9.11. The molecule has 0 bridgehead atoms. The van der Waals surface area contributed by atoms with Gasteiger partial charge in [-0.05, 0) is 24.3 Å². The molecule has 0 fully saturated rings. The van der Waals surface area contributed by atoms with E-state index in [0.29, 0.717) is 5.69 Å². The Hall–Kier alpha value is -0.980. The lowest BCUT2D eigenvalue weighted by Crippen LogP contribution is -2.05. The Bertz CT molecular complexity index is 304. The number of anilines is 1. The number of benzene rings is 1. The molecule has 6 N–H and O–H groups in total. The van der Waals surface area contributed by atoms with Crippen molar-refractivity contribution in [2.75, 3.05) is 5.43 Å². The molecule has 0 aromatic heterocycles. The monoisotopic (exact) mass is 224 g/mol. The van der Waals surface area contributed by atoms with Crippen molar-refractivity contribution in [1.82, 2.24) is 0 Å². The second kappa shape index (κ2) is 5.69. The number of rotatable bonds is 1. The molecule has 0 aliphatic carbocycles. The van der Waals surface area contributed by atoms with E-state index in [4.69, 9.17) is 25.1 Å². The molecule has 14 heavy (non-hydrogen) atoms. The Morgan fingerprint density at radius 1 is 1.21 bits per heavy atom. The number of hydrogen-bond donors (Lipinski definition) is 5. The van der Waals surface area contributed by atoms with Gasteiger partial charge in [-0.2, -0.15) is 0 Å². The maximum Gasteiger partial charge on any atom is 0.466 e. The van der Waals surface area contributed by atoms with Crippen LogP contribution < -0.4 is 11.3 Å². The summed E-state index contributed by atoms with van der Waals surface area (Å²) >= 11 is 0. The Morgan fingerprint density at radius 3 is 1.86 bits per heavy atom. The predicted molar refractivity (Wildman–Crippen MR) is 48.5 cm³/mol. The number of halogens is 1. The molecular formula is C6H10FN2O4P. The van der Waals surface area contributed by atoms with Crippen LogP contribution in [0.5, 0.6) is 0 Å². The first-order chi connectivity index (χ1) is 6.33. The van der Waals surface area contributed by atoms with Crippen LogP contribution in [-0.2, 0) is 4.57 Å². The zero-order valence-corrected chi connectivity index (χ0v) is 7.86. The lowest BCUT2D eigenvalue weighted by molar-refractivity contribution is 0.275. The molecule has 1 aromatic rings. The van der Waals surface area contributed by atoms with Crippen molar-refractivity contribution in [3.63, 3.8) is 0 Å². The van der Waals surface area contributed by atoms with E-state index in [1.54, 1.807) is 12.1 Å². The van der Waals surface area contributed by atoms with Crippen LogP contribution in [0.15, 0.2) is 24.3 Å². The van der Waals surface area contributed by atoms with Crippen molar-refractivity contribution in [1.29, 1.82) is 0 Å². The molecule has 0 aliphatic heterocycles. The van der Waals surface area contributed by atoms with Crippen LogP contribution >= 0.6 is 7.82 Å². The van der Waals surface area contributed by atoms with Gasteiger partial charge in [0.25, 0.3) is 0 Å². The summed E-state index contributed by atoms with van der Waals surface area (Å²) < 4.78 is 21.0. The fourth-order valence-corrected chi connectivity index (χ4v) is 0.546. The zero-order valence-electron chi connectivity index (χ0n) is 6.96. The summed E-state index contributed by atoms with van der Waals surface area (Å²) in [5.74, 6) is 4.77. The minimum Gasteiger partial charge on any atom is -0.324 e. The quantitative estimate of drug-likeness (QED) is 0.264. The van der Waals surface area contributed by atoms with Crippen LogP contribution in [0.2, 0.25) is 0 Å². The van der Waals surface area contributed by atoms with Crippen LogP contribution in [0.4, 0.5) is 10.1 Å². The summed E-state index contributed by atoms with van der Waals surface area (Å²) in [6.45, 7) is 0. The van der Waals surface area contributed by atoms with Gasteiger partial charge in [0, 0.05) is 5.69 Å². The van der Waals surface area contributed by atoms with Crippen molar-refractivity contribution in [2.24, 2.45) is 5.84 Å². The Kier molecular flexibility index (Phi) is 5.29. The molecule has 80 valence electrons. The summed E-state index contributed by atoms with van der Waals surface area (Å²) in [5.41, 5.74) is 3.09. The fraction of sp³-hybridized carbons (Fsp3) is 0. The van der Waals surface area contributed by atoms with Crippen LogP contribution in [0.3, 0.4) is 0 Å². The molecule has 8 heteroatoms. The maximum absolute atomic E-state index is 12.2. The summed E-state index contributed by atoms with van der Waals surface area (Å²) in [7, 11) is -4.64. The smallest absolute Gasteiger partial charge is 0.324 e. The molecule has 0 amide bonds. The molecule has 0 aliphatic rings. The van der Waals surface area contributed by atoms with Crippen LogP contribution in [0, 0.1) is 5.82 Å². The third-order valence-electron chi connectivity index (χ3n) is 1.01. The molecule has 0 atom stereocenters. The highest BCUT2D eigenvalue weighted by Gasteiger charge is 2.00. The third-order valence-corrected chi connectivity index (χ3v) is 1.01. The van der Waals surface area contributed by atoms with Gasteiger partial charge >= 0.3 is 7.82 Å². The molecule has 1 rings (SSSR count). The molecule has 0 saturated carbocycles. The number of nitrogens with two attached hydrogens (primary N) is 1. The van der Waals surface area contributed by atoms with E-state index in [-0.39, 0.29) is 5.82 Å². The highest BCUT2D eigenvalue weighted by molar-refractivity contribution is 7.45. The number of phosphoric acid groups is 1.